The van der Waals surface area contributed by atoms with Gasteiger partial charge in [0.25, 0.3) is 0 Å². The number of para-hydroxylation sites is 1. The van der Waals surface area contributed by atoms with Gasteiger partial charge >= 0.3 is 0 Å². The number of aromatic nitrogens is 1. The Morgan fingerprint density at radius 1 is 1.16 bits per heavy atom. The minimum Gasteiger partial charge on any atom is -0.331 e. The molecule has 2 atom stereocenters. The van der Waals surface area contributed by atoms with Crippen LogP contribution in [0.5, 0.6) is 0 Å². The fraction of sp³-hybridized carbons (Fsp3) is 0.526. The summed E-state index contributed by atoms with van der Waals surface area (Å²) in [4.78, 5) is 31.7. The number of Topliss-reactive ketones (excluding diaryl/α,β-unsaturated/α-hetero) is 1. The van der Waals surface area contributed by atoms with Crippen LogP contribution in [0.1, 0.15) is 48.3 Å². The van der Waals surface area contributed by atoms with Crippen molar-refractivity contribution < 1.29 is 9.59 Å². The molecule has 2 N–H and O–H groups in total. The molecule has 2 fully saturated rings. The predicted octanol–water partition coefficient (Wildman–Crippen LogP) is 2.99. The highest BCUT2D eigenvalue weighted by Crippen LogP contribution is 2.31. The van der Waals surface area contributed by atoms with Crippen molar-refractivity contribution in [1.29, 1.82) is 0 Å². The lowest BCUT2D eigenvalue weighted by atomic mass is 9.83. The molecule has 1 aliphatic heterocycles. The van der Waals surface area contributed by atoms with Crippen LogP contribution in [-0.4, -0.2) is 40.2 Å². The van der Waals surface area contributed by atoms with Crippen LogP contribution in [0.15, 0.2) is 24.3 Å². The van der Waals surface area contributed by atoms with E-state index >= 15 is 0 Å². The van der Waals surface area contributed by atoms with Crippen molar-refractivity contribution in [1.82, 2.24) is 9.88 Å². The van der Waals surface area contributed by atoms with Gasteiger partial charge < -0.3 is 10.6 Å². The molecule has 132 valence electrons. The number of rotatable bonds is 4. The lowest BCUT2D eigenvalue weighted by Gasteiger charge is -2.42. The number of carbonyl (C=O) groups is 2. The molecule has 1 aliphatic carbocycles. The summed E-state index contributed by atoms with van der Waals surface area (Å²) < 4.78 is 1.00. The minimum atomic E-state index is -0.466. The molecular weight excluding hydrogens is 334 g/mol. The summed E-state index contributed by atoms with van der Waals surface area (Å²) >= 11 is 1.40. The van der Waals surface area contributed by atoms with E-state index in [0.717, 1.165) is 35.9 Å². The lowest BCUT2D eigenvalue weighted by Crippen LogP contribution is -2.60. The number of nitrogens with zero attached hydrogens (tertiary/aromatic N) is 2. The van der Waals surface area contributed by atoms with Crippen LogP contribution in [0.25, 0.3) is 10.2 Å². The van der Waals surface area contributed by atoms with Crippen LogP contribution in [-0.2, 0) is 4.79 Å². The number of ketones is 1. The average molecular weight is 357 g/mol. The summed E-state index contributed by atoms with van der Waals surface area (Å²) in [5.41, 5.74) is 7.09. The maximum absolute atomic E-state index is 12.8. The van der Waals surface area contributed by atoms with Gasteiger partial charge in [-0.3, -0.25) is 9.59 Å². The van der Waals surface area contributed by atoms with Gasteiger partial charge in [-0.25, -0.2) is 4.98 Å². The lowest BCUT2D eigenvalue weighted by molar-refractivity contribution is -0.140. The highest BCUT2D eigenvalue weighted by Gasteiger charge is 2.42. The van der Waals surface area contributed by atoms with Crippen LogP contribution in [0.2, 0.25) is 0 Å². The first-order valence-electron chi connectivity index (χ1n) is 9.11. The van der Waals surface area contributed by atoms with Crippen molar-refractivity contribution in [3.05, 3.63) is 29.3 Å². The molecule has 25 heavy (non-hydrogen) atoms. The molecular formula is C19H23N3O2S. The fourth-order valence-corrected chi connectivity index (χ4v) is 4.88. The Hall–Kier alpha value is -1.79. The zero-order valence-electron chi connectivity index (χ0n) is 14.2. The third-order valence-corrected chi connectivity index (χ3v) is 6.60. The van der Waals surface area contributed by atoms with E-state index in [2.05, 4.69) is 4.98 Å². The average Bonchev–Trinajstić information content (AvgIpc) is 3.05. The maximum atomic E-state index is 12.8. The highest BCUT2D eigenvalue weighted by atomic mass is 32.1. The molecule has 2 heterocycles. The predicted molar refractivity (Wildman–Crippen MR) is 98.6 cm³/mol. The van der Waals surface area contributed by atoms with E-state index in [9.17, 15) is 9.59 Å². The molecule has 0 radical (unpaired) electrons. The Labute approximate surface area is 151 Å². The van der Waals surface area contributed by atoms with Gasteiger partial charge in [-0.05, 0) is 37.3 Å². The third kappa shape index (κ3) is 3.09. The van der Waals surface area contributed by atoms with Gasteiger partial charge in [0.15, 0.2) is 5.01 Å². The Morgan fingerprint density at radius 2 is 1.92 bits per heavy atom. The normalized spacial score (nSPS) is 22.6. The molecule has 1 amide bonds. The molecule has 1 aromatic carbocycles. The molecule has 4 rings (SSSR count). The molecule has 0 spiro atoms. The van der Waals surface area contributed by atoms with Crippen molar-refractivity contribution in [2.24, 2.45) is 11.7 Å². The van der Waals surface area contributed by atoms with E-state index in [-0.39, 0.29) is 23.7 Å². The van der Waals surface area contributed by atoms with E-state index < -0.39 is 6.04 Å². The number of carbonyl (C=O) groups excluding carboxylic acids is 2. The van der Waals surface area contributed by atoms with Crippen LogP contribution < -0.4 is 5.73 Å². The van der Waals surface area contributed by atoms with Crippen LogP contribution >= 0.6 is 11.3 Å². The Balaban J connectivity index is 1.47. The molecule has 6 heteroatoms. The summed E-state index contributed by atoms with van der Waals surface area (Å²) in [5.74, 6) is 0.161. The van der Waals surface area contributed by atoms with Gasteiger partial charge in [0.1, 0.15) is 0 Å². The van der Waals surface area contributed by atoms with Crippen LogP contribution in [0.4, 0.5) is 0 Å². The molecule has 0 unspecified atom stereocenters. The SMILES string of the molecule is N[C@H](C(=O)N1CC[C@@H]1C(=O)c1nc2ccccc2s1)C1CCCCC1. The smallest absolute Gasteiger partial charge is 0.240 e. The zero-order valence-corrected chi connectivity index (χ0v) is 15.0. The van der Waals surface area contributed by atoms with Gasteiger partial charge in [0, 0.05) is 6.54 Å². The van der Waals surface area contributed by atoms with Crippen molar-refractivity contribution in [2.75, 3.05) is 6.54 Å². The maximum Gasteiger partial charge on any atom is 0.240 e. The van der Waals surface area contributed by atoms with E-state index in [1.165, 1.54) is 17.8 Å². The summed E-state index contributed by atoms with van der Waals surface area (Å²) in [6, 6.07) is 6.88. The summed E-state index contributed by atoms with van der Waals surface area (Å²) in [7, 11) is 0. The largest absolute Gasteiger partial charge is 0.331 e. The molecule has 5 nitrogen and oxygen atoms in total. The van der Waals surface area contributed by atoms with E-state index in [4.69, 9.17) is 5.73 Å². The summed E-state index contributed by atoms with van der Waals surface area (Å²) in [6.45, 7) is 0.626. The van der Waals surface area contributed by atoms with Gasteiger partial charge in [0.2, 0.25) is 11.7 Å². The second-order valence-electron chi connectivity index (χ2n) is 7.11. The van der Waals surface area contributed by atoms with Crippen molar-refractivity contribution in [3.8, 4) is 0 Å². The van der Waals surface area contributed by atoms with Gasteiger partial charge in [-0.2, -0.15) is 0 Å². The fourth-order valence-electron chi connectivity index (χ4n) is 3.93. The third-order valence-electron chi connectivity index (χ3n) is 5.55. The van der Waals surface area contributed by atoms with Crippen LogP contribution in [0.3, 0.4) is 0 Å². The summed E-state index contributed by atoms with van der Waals surface area (Å²) in [6.07, 6.45) is 6.30. The van der Waals surface area contributed by atoms with E-state index in [1.54, 1.807) is 4.90 Å². The zero-order chi connectivity index (χ0) is 17.4. The molecule has 1 saturated carbocycles. The first kappa shape index (κ1) is 16.7. The number of hydrogen-bond acceptors (Lipinski definition) is 5. The number of likely N-dealkylation sites (tertiary alicyclic amines) is 1. The molecule has 1 aromatic heterocycles. The highest BCUT2D eigenvalue weighted by molar-refractivity contribution is 7.20. The van der Waals surface area contributed by atoms with Gasteiger partial charge in [0.05, 0.1) is 22.3 Å². The standard InChI is InChI=1S/C19H23N3O2S/c20-16(12-6-2-1-3-7-12)19(24)22-11-10-14(22)17(23)18-21-13-8-4-5-9-15(13)25-18/h4-5,8-9,12,14,16H,1-3,6-7,10-11,20H2/t14-,16+/m1/s1. The number of fused-ring (bicyclic) bond motifs is 1. The van der Waals surface area contributed by atoms with Crippen molar-refractivity contribution in [2.45, 2.75) is 50.6 Å². The molecule has 2 aliphatic rings. The second-order valence-corrected chi connectivity index (χ2v) is 8.14. The Morgan fingerprint density at radius 3 is 2.60 bits per heavy atom. The van der Waals surface area contributed by atoms with E-state index in [0.29, 0.717) is 18.0 Å². The quantitative estimate of drug-likeness (QED) is 0.854. The van der Waals surface area contributed by atoms with Crippen LogP contribution in [0, 0.1) is 5.92 Å². The molecule has 0 bridgehead atoms. The number of benzene rings is 1. The van der Waals surface area contributed by atoms with Gasteiger partial charge in [-0.15, -0.1) is 11.3 Å². The van der Waals surface area contributed by atoms with E-state index in [1.807, 2.05) is 24.3 Å². The van der Waals surface area contributed by atoms with Crippen molar-refractivity contribution in [3.63, 3.8) is 0 Å². The summed E-state index contributed by atoms with van der Waals surface area (Å²) in [5, 5.41) is 0.495. The van der Waals surface area contributed by atoms with Crippen molar-refractivity contribution >= 4 is 33.2 Å². The second kappa shape index (κ2) is 6.84. The Kier molecular flexibility index (Phi) is 4.56. The number of nitrogens with two attached hydrogens (primary N) is 1. The first-order valence-corrected chi connectivity index (χ1v) is 9.92. The first-order chi connectivity index (χ1) is 12.1. The molecule has 2 aromatic rings. The Bertz CT molecular complexity index is 764. The number of amides is 1. The minimum absolute atomic E-state index is 0.0448. The molecule has 1 saturated heterocycles. The monoisotopic (exact) mass is 357 g/mol. The number of hydrogen-bond donors (Lipinski definition) is 1. The van der Waals surface area contributed by atoms with Gasteiger partial charge in [-0.1, -0.05) is 31.4 Å². The number of thiazole rings is 1. The topological polar surface area (TPSA) is 76.3 Å².